The molecule has 124 valence electrons. The number of benzene rings is 1. The number of fused-ring (bicyclic) bond motifs is 1. The minimum absolute atomic E-state index is 0.122. The summed E-state index contributed by atoms with van der Waals surface area (Å²) in [5.74, 6) is 0.120. The lowest BCUT2D eigenvalue weighted by Gasteiger charge is -2.09. The summed E-state index contributed by atoms with van der Waals surface area (Å²) in [5, 5.41) is 13.0. The van der Waals surface area contributed by atoms with Crippen LogP contribution in [0.5, 0.6) is 5.75 Å². The number of aromatic hydroxyl groups is 1. The van der Waals surface area contributed by atoms with Gasteiger partial charge in [-0.15, -0.1) is 0 Å². The lowest BCUT2D eigenvalue weighted by atomic mass is 10.0. The molecule has 2 heterocycles. The predicted octanol–water partition coefficient (Wildman–Crippen LogP) is 2.91. The fraction of sp³-hybridized carbons (Fsp3) is 0.176. The van der Waals surface area contributed by atoms with Gasteiger partial charge in [0.2, 0.25) is 5.91 Å². The standard InChI is InChI=1S/C17H14ClNO5/c1-9-11-5-13(18)14(20)7-15(11)24-17(22)12(9)6-16(21)19-8-10-3-2-4-23-10/h2-5,7,20H,6,8H2,1H3,(H,19,21). The summed E-state index contributed by atoms with van der Waals surface area (Å²) in [6, 6.07) is 6.26. The third-order valence-corrected chi connectivity index (χ3v) is 4.03. The number of aryl methyl sites for hydroxylation is 1. The molecule has 0 atom stereocenters. The molecular weight excluding hydrogens is 334 g/mol. The van der Waals surface area contributed by atoms with Gasteiger partial charge < -0.3 is 19.3 Å². The average molecular weight is 348 g/mol. The maximum atomic E-state index is 12.1. The average Bonchev–Trinajstić information content (AvgIpc) is 3.05. The van der Waals surface area contributed by atoms with Crippen molar-refractivity contribution in [3.8, 4) is 5.75 Å². The first-order valence-electron chi connectivity index (χ1n) is 7.19. The van der Waals surface area contributed by atoms with Crippen LogP contribution < -0.4 is 10.9 Å². The molecule has 3 aromatic rings. The van der Waals surface area contributed by atoms with E-state index >= 15 is 0 Å². The van der Waals surface area contributed by atoms with E-state index in [0.717, 1.165) is 0 Å². The van der Waals surface area contributed by atoms with E-state index in [2.05, 4.69) is 5.32 Å². The normalized spacial score (nSPS) is 10.9. The Bertz CT molecular complexity index is 959. The fourth-order valence-corrected chi connectivity index (χ4v) is 2.59. The van der Waals surface area contributed by atoms with Crippen LogP contribution in [-0.4, -0.2) is 11.0 Å². The summed E-state index contributed by atoms with van der Waals surface area (Å²) < 4.78 is 10.3. The third-order valence-electron chi connectivity index (χ3n) is 3.73. The van der Waals surface area contributed by atoms with Crippen molar-refractivity contribution in [2.45, 2.75) is 19.9 Å². The second-order valence-corrected chi connectivity index (χ2v) is 5.73. The zero-order chi connectivity index (χ0) is 17.3. The number of rotatable bonds is 4. The highest BCUT2D eigenvalue weighted by Crippen LogP contribution is 2.30. The molecule has 24 heavy (non-hydrogen) atoms. The lowest BCUT2D eigenvalue weighted by Crippen LogP contribution is -2.27. The molecule has 2 N–H and O–H groups in total. The van der Waals surface area contributed by atoms with Gasteiger partial charge in [0.1, 0.15) is 17.1 Å². The number of furan rings is 1. The molecule has 0 fully saturated rings. The summed E-state index contributed by atoms with van der Waals surface area (Å²) >= 11 is 5.90. The van der Waals surface area contributed by atoms with Crippen LogP contribution in [-0.2, 0) is 17.8 Å². The highest BCUT2D eigenvalue weighted by Gasteiger charge is 2.16. The topological polar surface area (TPSA) is 92.7 Å². The van der Waals surface area contributed by atoms with Gasteiger partial charge in [0.25, 0.3) is 0 Å². The van der Waals surface area contributed by atoms with Crippen molar-refractivity contribution >= 4 is 28.5 Å². The Hall–Kier alpha value is -2.73. The monoisotopic (exact) mass is 347 g/mol. The molecule has 0 aliphatic heterocycles. The van der Waals surface area contributed by atoms with Crippen molar-refractivity contribution in [2.24, 2.45) is 0 Å². The molecule has 6 nitrogen and oxygen atoms in total. The molecule has 0 radical (unpaired) electrons. The first-order chi connectivity index (χ1) is 11.5. The van der Waals surface area contributed by atoms with Crippen LogP contribution in [0.4, 0.5) is 0 Å². The van der Waals surface area contributed by atoms with E-state index in [1.54, 1.807) is 19.1 Å². The molecule has 1 amide bonds. The quantitative estimate of drug-likeness (QED) is 0.708. The van der Waals surface area contributed by atoms with E-state index in [4.69, 9.17) is 20.4 Å². The van der Waals surface area contributed by atoms with Gasteiger partial charge in [0.05, 0.1) is 29.8 Å². The van der Waals surface area contributed by atoms with Crippen molar-refractivity contribution in [3.63, 3.8) is 0 Å². The number of nitrogens with one attached hydrogen (secondary N) is 1. The summed E-state index contributed by atoms with van der Waals surface area (Å²) in [6.45, 7) is 1.95. The highest BCUT2D eigenvalue weighted by atomic mass is 35.5. The van der Waals surface area contributed by atoms with Crippen molar-refractivity contribution in [1.82, 2.24) is 5.32 Å². The van der Waals surface area contributed by atoms with Crippen LogP contribution in [0.3, 0.4) is 0 Å². The van der Waals surface area contributed by atoms with Crippen LogP contribution >= 0.6 is 11.6 Å². The number of hydrogen-bond acceptors (Lipinski definition) is 5. The van der Waals surface area contributed by atoms with E-state index in [0.29, 0.717) is 16.7 Å². The van der Waals surface area contributed by atoms with E-state index in [1.165, 1.54) is 18.4 Å². The summed E-state index contributed by atoms with van der Waals surface area (Å²) in [5.41, 5.74) is 0.450. The highest BCUT2D eigenvalue weighted by molar-refractivity contribution is 6.32. The Labute approximate surface area is 141 Å². The Kier molecular flexibility index (Phi) is 4.31. The van der Waals surface area contributed by atoms with Gasteiger partial charge in [-0.25, -0.2) is 4.79 Å². The van der Waals surface area contributed by atoms with Gasteiger partial charge in [0, 0.05) is 11.5 Å². The second-order valence-electron chi connectivity index (χ2n) is 5.33. The molecular formula is C17H14ClNO5. The van der Waals surface area contributed by atoms with E-state index < -0.39 is 5.63 Å². The number of halogens is 1. The first-order valence-corrected chi connectivity index (χ1v) is 7.57. The minimum Gasteiger partial charge on any atom is -0.506 e. The molecule has 3 rings (SSSR count). The molecule has 0 aliphatic carbocycles. The van der Waals surface area contributed by atoms with Crippen LogP contribution in [0.15, 0.2) is 44.2 Å². The lowest BCUT2D eigenvalue weighted by molar-refractivity contribution is -0.120. The number of phenolic OH excluding ortho intramolecular Hbond substituents is 1. The summed E-state index contributed by atoms with van der Waals surface area (Å²) in [4.78, 5) is 24.2. The Morgan fingerprint density at radius 1 is 1.38 bits per heavy atom. The van der Waals surface area contributed by atoms with Crippen molar-refractivity contribution in [1.29, 1.82) is 0 Å². The van der Waals surface area contributed by atoms with Gasteiger partial charge in [0.15, 0.2) is 0 Å². The SMILES string of the molecule is Cc1c(CC(=O)NCc2ccco2)c(=O)oc2cc(O)c(Cl)cc12. The molecule has 0 aliphatic rings. The summed E-state index contributed by atoms with van der Waals surface area (Å²) in [7, 11) is 0. The van der Waals surface area contributed by atoms with Crippen LogP contribution in [0.1, 0.15) is 16.9 Å². The van der Waals surface area contributed by atoms with Crippen LogP contribution in [0.25, 0.3) is 11.0 Å². The maximum absolute atomic E-state index is 12.1. The number of hydrogen-bond donors (Lipinski definition) is 2. The molecule has 0 saturated heterocycles. The van der Waals surface area contributed by atoms with Crippen molar-refractivity contribution in [3.05, 3.63) is 62.9 Å². The summed E-state index contributed by atoms with van der Waals surface area (Å²) in [6.07, 6.45) is 1.39. The van der Waals surface area contributed by atoms with Gasteiger partial charge in [-0.1, -0.05) is 11.6 Å². The van der Waals surface area contributed by atoms with Crippen LogP contribution in [0.2, 0.25) is 5.02 Å². The number of carbonyl (C=O) groups is 1. The predicted molar refractivity (Wildman–Crippen MR) is 88.2 cm³/mol. The molecule has 1 aromatic carbocycles. The van der Waals surface area contributed by atoms with Gasteiger partial charge in [-0.3, -0.25) is 4.79 Å². The molecule has 7 heteroatoms. The zero-order valence-corrected chi connectivity index (χ0v) is 13.5. The zero-order valence-electron chi connectivity index (χ0n) is 12.8. The van der Waals surface area contributed by atoms with Gasteiger partial charge >= 0.3 is 5.63 Å². The second kappa shape index (κ2) is 6.41. The number of carbonyl (C=O) groups excluding carboxylic acids is 1. The van der Waals surface area contributed by atoms with E-state index in [-0.39, 0.29) is 40.8 Å². The number of phenols is 1. The van der Waals surface area contributed by atoms with Gasteiger partial charge in [-0.05, 0) is 30.7 Å². The van der Waals surface area contributed by atoms with Gasteiger partial charge in [-0.2, -0.15) is 0 Å². The van der Waals surface area contributed by atoms with Crippen molar-refractivity contribution in [2.75, 3.05) is 0 Å². The molecule has 0 unspecified atom stereocenters. The maximum Gasteiger partial charge on any atom is 0.340 e. The van der Waals surface area contributed by atoms with E-state index in [1.807, 2.05) is 0 Å². The Balaban J connectivity index is 1.87. The molecule has 0 spiro atoms. The smallest absolute Gasteiger partial charge is 0.340 e. The Morgan fingerprint density at radius 3 is 2.88 bits per heavy atom. The molecule has 0 saturated carbocycles. The van der Waals surface area contributed by atoms with E-state index in [9.17, 15) is 14.7 Å². The number of amides is 1. The fourth-order valence-electron chi connectivity index (χ4n) is 2.42. The van der Waals surface area contributed by atoms with Crippen molar-refractivity contribution < 1.29 is 18.7 Å². The molecule has 2 aromatic heterocycles. The third kappa shape index (κ3) is 3.14. The Morgan fingerprint density at radius 2 is 2.17 bits per heavy atom. The molecule has 0 bridgehead atoms. The first kappa shape index (κ1) is 16.1. The minimum atomic E-state index is -0.616. The van der Waals surface area contributed by atoms with Crippen LogP contribution in [0, 0.1) is 6.92 Å². The largest absolute Gasteiger partial charge is 0.506 e.